The van der Waals surface area contributed by atoms with Crippen LogP contribution in [0.5, 0.6) is 0 Å². The molecule has 1 atom stereocenters. The van der Waals surface area contributed by atoms with Gasteiger partial charge in [-0.2, -0.15) is 0 Å². The Kier molecular flexibility index (Phi) is 5.52. The average Bonchev–Trinajstić information content (AvgIpc) is 2.95. The van der Waals surface area contributed by atoms with Crippen LogP contribution in [0, 0.1) is 17.5 Å². The van der Waals surface area contributed by atoms with Gasteiger partial charge in [0.2, 0.25) is 0 Å². The number of aliphatic imine (C=N–C) groups is 1. The van der Waals surface area contributed by atoms with Crippen molar-refractivity contribution >= 4 is 22.6 Å². The van der Waals surface area contributed by atoms with Crippen molar-refractivity contribution in [3.63, 3.8) is 0 Å². The third-order valence-corrected chi connectivity index (χ3v) is 4.53. The van der Waals surface area contributed by atoms with Crippen LogP contribution in [0.1, 0.15) is 19.8 Å². The summed E-state index contributed by atoms with van der Waals surface area (Å²) in [6.45, 7) is 4.06. The van der Waals surface area contributed by atoms with Gasteiger partial charge in [0.25, 0.3) is 0 Å². The minimum Gasteiger partial charge on any atom is -0.330 e. The van der Waals surface area contributed by atoms with Gasteiger partial charge in [0.05, 0.1) is 5.37 Å². The maximum atomic E-state index is 13.6. The Morgan fingerprint density at radius 3 is 2.33 bits per heavy atom. The van der Waals surface area contributed by atoms with Gasteiger partial charge in [-0.05, 0) is 32.9 Å². The molecular weight excluding hydrogens is 299 g/mol. The molecule has 21 heavy (non-hydrogen) atoms. The van der Waals surface area contributed by atoms with Crippen molar-refractivity contribution < 1.29 is 13.2 Å². The van der Waals surface area contributed by atoms with E-state index in [1.54, 1.807) is 7.05 Å². The quantitative estimate of drug-likeness (QED) is 0.681. The van der Waals surface area contributed by atoms with Crippen LogP contribution in [0.15, 0.2) is 17.1 Å². The zero-order chi connectivity index (χ0) is 15.4. The van der Waals surface area contributed by atoms with Gasteiger partial charge in [-0.25, -0.2) is 13.2 Å². The van der Waals surface area contributed by atoms with Crippen molar-refractivity contribution in [2.75, 3.05) is 25.5 Å². The fourth-order valence-corrected chi connectivity index (χ4v) is 3.20. The van der Waals surface area contributed by atoms with E-state index in [1.165, 1.54) is 11.8 Å². The Morgan fingerprint density at radius 2 is 1.81 bits per heavy atom. The predicted molar refractivity (Wildman–Crippen MR) is 81.2 cm³/mol. The van der Waals surface area contributed by atoms with Crippen molar-refractivity contribution in [3.05, 3.63) is 29.6 Å². The van der Waals surface area contributed by atoms with Crippen molar-refractivity contribution in [2.24, 2.45) is 4.99 Å². The van der Waals surface area contributed by atoms with Crippen molar-refractivity contribution in [3.8, 4) is 0 Å². The average molecular weight is 317 g/mol. The van der Waals surface area contributed by atoms with Gasteiger partial charge in [-0.1, -0.05) is 11.8 Å². The number of anilines is 1. The number of hydrogen-bond acceptors (Lipinski definition) is 3. The highest BCUT2D eigenvalue weighted by Crippen LogP contribution is 2.25. The van der Waals surface area contributed by atoms with E-state index in [-0.39, 0.29) is 11.1 Å². The van der Waals surface area contributed by atoms with E-state index in [1.807, 2.05) is 6.92 Å². The molecule has 1 aromatic carbocycles. The molecule has 1 aromatic rings. The monoisotopic (exact) mass is 317 g/mol. The zero-order valence-electron chi connectivity index (χ0n) is 12.0. The molecule has 116 valence electrons. The largest absolute Gasteiger partial charge is 0.330 e. The van der Waals surface area contributed by atoms with Crippen LogP contribution >= 0.6 is 11.8 Å². The highest BCUT2D eigenvalue weighted by atomic mass is 32.2. The molecule has 2 rings (SSSR count). The third kappa shape index (κ3) is 4.14. The van der Waals surface area contributed by atoms with E-state index in [9.17, 15) is 13.2 Å². The SMILES string of the molecule is CN=C(Nc1c(F)cc(F)cc1F)SC(C)N1CCCC1. The standard InChI is InChI=1S/C14H18F3N3S/c1-9(20-5-3-4-6-20)21-14(18-2)19-13-11(16)7-10(15)8-12(13)17/h7-9H,3-6H2,1-2H3,(H,18,19). The van der Waals surface area contributed by atoms with Crippen LogP contribution in [-0.2, 0) is 0 Å². The van der Waals surface area contributed by atoms with Gasteiger partial charge >= 0.3 is 0 Å². The number of amidine groups is 1. The smallest absolute Gasteiger partial charge is 0.162 e. The second kappa shape index (κ2) is 7.17. The summed E-state index contributed by atoms with van der Waals surface area (Å²) in [7, 11) is 1.55. The van der Waals surface area contributed by atoms with Crippen LogP contribution in [0.3, 0.4) is 0 Å². The van der Waals surface area contributed by atoms with Crippen molar-refractivity contribution in [1.29, 1.82) is 0 Å². The minimum atomic E-state index is -0.969. The Labute approximate surface area is 126 Å². The molecule has 1 saturated heterocycles. The molecule has 1 unspecified atom stereocenters. The Bertz CT molecular complexity index is 507. The van der Waals surface area contributed by atoms with Crippen LogP contribution < -0.4 is 5.32 Å². The fraction of sp³-hybridized carbons (Fsp3) is 0.500. The van der Waals surface area contributed by atoms with Crippen LogP contribution in [0.2, 0.25) is 0 Å². The predicted octanol–water partition coefficient (Wildman–Crippen LogP) is 3.68. The molecule has 0 spiro atoms. The van der Waals surface area contributed by atoms with Gasteiger partial charge in [-0.3, -0.25) is 9.89 Å². The number of thioether (sulfide) groups is 1. The lowest BCUT2D eigenvalue weighted by Gasteiger charge is -2.23. The molecule has 0 aliphatic carbocycles. The molecule has 7 heteroatoms. The minimum absolute atomic E-state index is 0.158. The molecule has 1 heterocycles. The fourth-order valence-electron chi connectivity index (χ4n) is 2.25. The number of hydrogen-bond donors (Lipinski definition) is 1. The van der Waals surface area contributed by atoms with Crippen molar-refractivity contribution in [2.45, 2.75) is 25.1 Å². The number of halogens is 3. The summed E-state index contributed by atoms with van der Waals surface area (Å²) in [6.07, 6.45) is 2.33. The van der Waals surface area contributed by atoms with Gasteiger partial charge in [-0.15, -0.1) is 0 Å². The lowest BCUT2D eigenvalue weighted by molar-refractivity contribution is 0.333. The van der Waals surface area contributed by atoms with Gasteiger partial charge in [0, 0.05) is 19.2 Å². The number of nitrogens with zero attached hydrogens (tertiary/aromatic N) is 2. The molecule has 0 saturated carbocycles. The molecule has 0 amide bonds. The van der Waals surface area contributed by atoms with E-state index in [4.69, 9.17) is 0 Å². The summed E-state index contributed by atoms with van der Waals surface area (Å²) in [4.78, 5) is 6.30. The van der Waals surface area contributed by atoms with E-state index >= 15 is 0 Å². The second-order valence-electron chi connectivity index (χ2n) is 4.86. The number of rotatable bonds is 3. The Morgan fingerprint density at radius 1 is 1.24 bits per heavy atom. The van der Waals surface area contributed by atoms with Crippen molar-refractivity contribution in [1.82, 2.24) is 4.90 Å². The summed E-state index contributed by atoms with van der Waals surface area (Å²) in [5, 5.41) is 3.18. The maximum Gasteiger partial charge on any atom is 0.162 e. The Hall–Kier alpha value is -1.21. The lowest BCUT2D eigenvalue weighted by atomic mass is 10.3. The molecule has 0 radical (unpaired) electrons. The molecule has 1 aliphatic rings. The topological polar surface area (TPSA) is 27.6 Å². The van der Waals surface area contributed by atoms with Gasteiger partial charge < -0.3 is 5.32 Å². The molecule has 0 bridgehead atoms. The molecule has 1 N–H and O–H groups in total. The Balaban J connectivity index is 2.06. The van der Waals surface area contributed by atoms with Crippen LogP contribution in [0.25, 0.3) is 0 Å². The van der Waals surface area contributed by atoms with Crippen LogP contribution in [0.4, 0.5) is 18.9 Å². The maximum absolute atomic E-state index is 13.6. The highest BCUT2D eigenvalue weighted by molar-refractivity contribution is 8.14. The lowest BCUT2D eigenvalue weighted by Crippen LogP contribution is -2.29. The molecule has 0 aromatic heterocycles. The number of likely N-dealkylation sites (tertiary alicyclic amines) is 1. The second-order valence-corrected chi connectivity index (χ2v) is 6.16. The van der Waals surface area contributed by atoms with E-state index in [2.05, 4.69) is 15.2 Å². The molecule has 3 nitrogen and oxygen atoms in total. The zero-order valence-corrected chi connectivity index (χ0v) is 12.8. The third-order valence-electron chi connectivity index (χ3n) is 3.38. The first-order valence-electron chi connectivity index (χ1n) is 6.80. The van der Waals surface area contributed by atoms with E-state index in [0.717, 1.165) is 25.9 Å². The van der Waals surface area contributed by atoms with Gasteiger partial charge in [0.1, 0.15) is 11.5 Å². The summed E-state index contributed by atoms with van der Waals surface area (Å²) < 4.78 is 40.2. The molecule has 1 aliphatic heterocycles. The number of nitrogens with one attached hydrogen (secondary N) is 1. The first kappa shape index (κ1) is 16.2. The summed E-state index contributed by atoms with van der Waals surface area (Å²) in [5.41, 5.74) is -0.377. The normalized spacial score (nSPS) is 18.0. The van der Waals surface area contributed by atoms with Crippen LogP contribution in [-0.4, -0.2) is 35.6 Å². The van der Waals surface area contributed by atoms with E-state index < -0.39 is 17.5 Å². The summed E-state index contributed by atoms with van der Waals surface area (Å²) in [5.74, 6) is -2.88. The molecular formula is C14H18F3N3S. The first-order chi connectivity index (χ1) is 10.0. The molecule has 1 fully saturated rings. The number of benzene rings is 1. The van der Waals surface area contributed by atoms with E-state index in [0.29, 0.717) is 17.3 Å². The first-order valence-corrected chi connectivity index (χ1v) is 7.68. The summed E-state index contributed by atoms with van der Waals surface area (Å²) >= 11 is 1.40. The highest BCUT2D eigenvalue weighted by Gasteiger charge is 2.21. The summed E-state index contributed by atoms with van der Waals surface area (Å²) in [6, 6.07) is 1.29. The van der Waals surface area contributed by atoms with Gasteiger partial charge in [0.15, 0.2) is 16.8 Å².